The zero-order valence-corrected chi connectivity index (χ0v) is 28.5. The van der Waals surface area contributed by atoms with Crippen LogP contribution in [0.25, 0.3) is 0 Å². The van der Waals surface area contributed by atoms with Crippen molar-refractivity contribution in [3.8, 4) is 0 Å². The third kappa shape index (κ3) is 19.6. The first kappa shape index (κ1) is 42.8. The highest BCUT2D eigenvalue weighted by Gasteiger charge is 2.51. The van der Waals surface area contributed by atoms with Crippen LogP contribution in [0.4, 0.5) is 0 Å². The van der Waals surface area contributed by atoms with Gasteiger partial charge in [-0.25, -0.2) is 4.57 Å². The molecule has 0 aliphatic heterocycles. The molecular weight excluding hydrogens is 619 g/mol. The highest BCUT2D eigenvalue weighted by Crippen LogP contribution is 2.47. The molecule has 0 radical (unpaired) electrons. The Labute approximate surface area is 275 Å². The first-order valence-electron chi connectivity index (χ1n) is 17.2. The predicted molar refractivity (Wildman–Crippen MR) is 175 cm³/mol. The maximum atomic E-state index is 12.2. The van der Waals surface area contributed by atoms with Gasteiger partial charge in [0, 0.05) is 6.42 Å². The van der Waals surface area contributed by atoms with Gasteiger partial charge in [-0.3, -0.25) is 13.8 Å². The maximum Gasteiger partial charge on any atom is 0.472 e. The number of ether oxygens (including phenoxy) is 1. The van der Waals surface area contributed by atoms with E-state index in [9.17, 15) is 44.9 Å². The predicted octanol–water partition coefficient (Wildman–Crippen LogP) is 4.36. The van der Waals surface area contributed by atoms with Gasteiger partial charge in [-0.2, -0.15) is 0 Å². The van der Waals surface area contributed by atoms with E-state index in [0.717, 1.165) is 32.1 Å². The molecular formula is C33H61O12P. The molecule has 1 fully saturated rings. The van der Waals surface area contributed by atoms with Crippen molar-refractivity contribution in [3.63, 3.8) is 0 Å². The van der Waals surface area contributed by atoms with Gasteiger partial charge < -0.3 is 40.3 Å². The third-order valence-electron chi connectivity index (χ3n) is 8.03. The molecule has 0 aromatic carbocycles. The summed E-state index contributed by atoms with van der Waals surface area (Å²) < 4.78 is 26.4. The molecule has 1 aliphatic rings. The number of hydrogen-bond acceptors (Lipinski definition) is 11. The van der Waals surface area contributed by atoms with E-state index in [1.54, 1.807) is 0 Å². The molecule has 6 unspecified atom stereocenters. The molecule has 7 N–H and O–H groups in total. The molecule has 12 nitrogen and oxygen atoms in total. The van der Waals surface area contributed by atoms with Crippen LogP contribution >= 0.6 is 7.82 Å². The molecule has 1 saturated carbocycles. The van der Waals surface area contributed by atoms with E-state index in [-0.39, 0.29) is 6.42 Å². The average Bonchev–Trinajstić information content (AvgIpc) is 3.03. The second-order valence-electron chi connectivity index (χ2n) is 12.2. The summed E-state index contributed by atoms with van der Waals surface area (Å²) in [5, 5.41) is 58.7. The highest BCUT2D eigenvalue weighted by atomic mass is 31.2. The Kier molecular flexibility index (Phi) is 24.0. The zero-order valence-electron chi connectivity index (χ0n) is 27.6. The van der Waals surface area contributed by atoms with Crippen LogP contribution in [0, 0.1) is 0 Å². The van der Waals surface area contributed by atoms with Crippen molar-refractivity contribution >= 4 is 13.8 Å². The molecule has 0 aromatic heterocycles. The lowest BCUT2D eigenvalue weighted by Gasteiger charge is -2.41. The molecule has 0 bridgehead atoms. The van der Waals surface area contributed by atoms with Gasteiger partial charge in [-0.1, -0.05) is 102 Å². The second-order valence-corrected chi connectivity index (χ2v) is 13.6. The Morgan fingerprint density at radius 1 is 0.674 bits per heavy atom. The Bertz CT molecular complexity index is 869. The fourth-order valence-electron chi connectivity index (χ4n) is 5.14. The summed E-state index contributed by atoms with van der Waals surface area (Å²) in [6, 6.07) is 0. The molecule has 0 saturated heterocycles. The number of aliphatic hydroxyl groups is 6. The number of aliphatic hydroxyl groups excluding tert-OH is 6. The summed E-state index contributed by atoms with van der Waals surface area (Å²) in [6.45, 7) is 0.983. The van der Waals surface area contributed by atoms with E-state index in [1.807, 2.05) is 0 Å². The van der Waals surface area contributed by atoms with E-state index < -0.39 is 69.7 Å². The fourth-order valence-corrected chi connectivity index (χ4v) is 6.12. The second kappa shape index (κ2) is 25.8. The van der Waals surface area contributed by atoms with Crippen molar-refractivity contribution in [2.45, 2.75) is 165 Å². The number of phosphoric acid groups is 1. The standard InChI is InChI=1S/C33H61O12P/c1-2-3-4-5-6-7-8-9-10-11-12-13-14-15-16-17-18-19-20-21-22-23-27(35)43-24-26(34)25-44-46(41,42)45-33-31(39)29(37)28(36)30(38)32(33)40/h8-9,11-12,26,28-34,36-40H,2-7,10,13-25H2,1H3,(H,41,42)/b9-8-,12-11-. The van der Waals surface area contributed by atoms with Crippen LogP contribution in [-0.2, 0) is 23.1 Å². The number of hydrogen-bond donors (Lipinski definition) is 7. The number of carbonyl (C=O) groups excluding carboxylic acids is 1. The minimum absolute atomic E-state index is 0.186. The zero-order chi connectivity index (χ0) is 34.2. The fraction of sp³-hybridized carbons (Fsp3) is 0.848. The maximum absolute atomic E-state index is 12.2. The smallest absolute Gasteiger partial charge is 0.463 e. The Morgan fingerprint density at radius 3 is 1.65 bits per heavy atom. The number of esters is 1. The van der Waals surface area contributed by atoms with Crippen LogP contribution < -0.4 is 0 Å². The van der Waals surface area contributed by atoms with Crippen LogP contribution in [-0.4, -0.2) is 97.4 Å². The van der Waals surface area contributed by atoms with E-state index >= 15 is 0 Å². The van der Waals surface area contributed by atoms with Gasteiger partial charge in [-0.15, -0.1) is 0 Å². The third-order valence-corrected chi connectivity index (χ3v) is 9.01. The number of unbranched alkanes of at least 4 members (excludes halogenated alkanes) is 14. The molecule has 1 rings (SSSR count). The van der Waals surface area contributed by atoms with Crippen molar-refractivity contribution < 1.29 is 58.7 Å². The van der Waals surface area contributed by atoms with Crippen LogP contribution in [0.3, 0.4) is 0 Å². The SMILES string of the molecule is CCCCCCC/C=C\C/C=C\CCCCCCCCCCCC(=O)OCC(O)COP(=O)(O)OC1C(O)C(O)C(O)C(O)C1O. The topological polar surface area (TPSA) is 203 Å². The summed E-state index contributed by atoms with van der Waals surface area (Å²) in [5.41, 5.74) is 0. The number of rotatable bonds is 27. The Morgan fingerprint density at radius 2 is 1.13 bits per heavy atom. The van der Waals surface area contributed by atoms with Gasteiger partial charge in [-0.05, 0) is 38.5 Å². The number of carbonyl (C=O) groups is 1. The van der Waals surface area contributed by atoms with Crippen molar-refractivity contribution in [2.24, 2.45) is 0 Å². The molecule has 0 amide bonds. The van der Waals surface area contributed by atoms with Crippen molar-refractivity contribution in [2.75, 3.05) is 13.2 Å². The highest BCUT2D eigenvalue weighted by molar-refractivity contribution is 7.47. The lowest BCUT2D eigenvalue weighted by molar-refractivity contribution is -0.220. The van der Waals surface area contributed by atoms with Crippen molar-refractivity contribution in [1.29, 1.82) is 0 Å². The Hall–Kier alpha value is -1.18. The normalized spacial score (nSPS) is 25.7. The van der Waals surface area contributed by atoms with Gasteiger partial charge in [0.1, 0.15) is 49.3 Å². The first-order valence-corrected chi connectivity index (χ1v) is 18.7. The summed E-state index contributed by atoms with van der Waals surface area (Å²) >= 11 is 0. The van der Waals surface area contributed by atoms with Gasteiger partial charge in [0.15, 0.2) is 0 Å². The molecule has 6 atom stereocenters. The number of phosphoric ester groups is 1. The number of allylic oxidation sites excluding steroid dienone is 4. The summed E-state index contributed by atoms with van der Waals surface area (Å²) in [6.07, 6.45) is 15.9. The van der Waals surface area contributed by atoms with Gasteiger partial charge in [0.25, 0.3) is 0 Å². The largest absolute Gasteiger partial charge is 0.472 e. The average molecular weight is 681 g/mol. The monoisotopic (exact) mass is 680 g/mol. The molecule has 13 heteroatoms. The van der Waals surface area contributed by atoms with E-state index in [4.69, 9.17) is 4.74 Å². The van der Waals surface area contributed by atoms with Crippen molar-refractivity contribution in [3.05, 3.63) is 24.3 Å². The van der Waals surface area contributed by atoms with Gasteiger partial charge in [0.2, 0.25) is 0 Å². The molecule has 0 spiro atoms. The molecule has 1 aliphatic carbocycles. The summed E-state index contributed by atoms with van der Waals surface area (Å²) in [7, 11) is -4.99. The minimum atomic E-state index is -4.99. The molecule has 46 heavy (non-hydrogen) atoms. The van der Waals surface area contributed by atoms with Crippen LogP contribution in [0.15, 0.2) is 24.3 Å². The van der Waals surface area contributed by atoms with Gasteiger partial charge in [0.05, 0.1) is 6.61 Å². The summed E-state index contributed by atoms with van der Waals surface area (Å²) in [4.78, 5) is 21.8. The lowest BCUT2D eigenvalue weighted by atomic mass is 9.85. The first-order chi connectivity index (χ1) is 22.0. The summed E-state index contributed by atoms with van der Waals surface area (Å²) in [5.74, 6) is -0.514. The van der Waals surface area contributed by atoms with Crippen LogP contribution in [0.2, 0.25) is 0 Å². The van der Waals surface area contributed by atoms with Gasteiger partial charge >= 0.3 is 13.8 Å². The lowest BCUT2D eigenvalue weighted by Crippen LogP contribution is -2.64. The van der Waals surface area contributed by atoms with Crippen LogP contribution in [0.5, 0.6) is 0 Å². The van der Waals surface area contributed by atoms with E-state index in [0.29, 0.717) is 6.42 Å². The quantitative estimate of drug-likeness (QED) is 0.0280. The van der Waals surface area contributed by atoms with Crippen LogP contribution in [0.1, 0.15) is 122 Å². The van der Waals surface area contributed by atoms with E-state index in [1.165, 1.54) is 70.6 Å². The minimum Gasteiger partial charge on any atom is -0.463 e. The molecule has 270 valence electrons. The van der Waals surface area contributed by atoms with E-state index in [2.05, 4.69) is 40.3 Å². The molecule has 0 heterocycles. The Balaban J connectivity index is 1.99. The van der Waals surface area contributed by atoms with Crippen molar-refractivity contribution in [1.82, 2.24) is 0 Å². The molecule has 0 aromatic rings.